The van der Waals surface area contributed by atoms with Gasteiger partial charge in [0.2, 0.25) is 0 Å². The number of benzene rings is 2. The van der Waals surface area contributed by atoms with Gasteiger partial charge in [0.15, 0.2) is 0 Å². The predicted molar refractivity (Wildman–Crippen MR) is 92.0 cm³/mol. The number of carbonyl (C=O) groups excluding carboxylic acids is 1. The van der Waals surface area contributed by atoms with Crippen LogP contribution in [0, 0.1) is 13.8 Å². The molecular weight excluding hydrogens is 342 g/mol. The molecule has 1 atom stereocenters. The molecule has 116 valence electrons. The summed E-state index contributed by atoms with van der Waals surface area (Å²) in [6.07, 6.45) is 0. The third kappa shape index (κ3) is 3.96. The molecule has 0 fully saturated rings. The van der Waals surface area contributed by atoms with Crippen molar-refractivity contribution in [2.75, 3.05) is 6.54 Å². The summed E-state index contributed by atoms with van der Waals surface area (Å²) in [5.74, 6) is -0.180. The molecule has 0 saturated carbocycles. The minimum Gasteiger partial charge on any atom is -0.384 e. The third-order valence-corrected chi connectivity index (χ3v) is 4.36. The van der Waals surface area contributed by atoms with Gasteiger partial charge in [-0.2, -0.15) is 0 Å². The zero-order valence-corrected chi connectivity index (χ0v) is 14.6. The molecule has 2 aromatic rings. The van der Waals surface area contributed by atoms with E-state index in [2.05, 4.69) is 21.2 Å². The maximum atomic E-state index is 12.2. The van der Waals surface area contributed by atoms with E-state index in [1.807, 2.05) is 50.2 Å². The molecule has 0 radical (unpaired) electrons. The zero-order chi connectivity index (χ0) is 16.3. The number of amides is 1. The molecule has 0 aromatic heterocycles. The molecule has 1 unspecified atom stereocenters. The van der Waals surface area contributed by atoms with Gasteiger partial charge < -0.3 is 10.4 Å². The van der Waals surface area contributed by atoms with Crippen LogP contribution in [0.15, 0.2) is 46.9 Å². The van der Waals surface area contributed by atoms with Gasteiger partial charge in [0.05, 0.1) is 6.54 Å². The molecule has 0 saturated heterocycles. The predicted octanol–water partition coefficient (Wildman–Crippen LogP) is 3.70. The molecule has 4 heteroatoms. The lowest BCUT2D eigenvalue weighted by Crippen LogP contribution is -2.38. The Morgan fingerprint density at radius 2 is 1.77 bits per heavy atom. The molecule has 0 spiro atoms. The number of nitrogens with one attached hydrogen (secondary N) is 1. The minimum absolute atomic E-state index is 0.153. The van der Waals surface area contributed by atoms with E-state index in [-0.39, 0.29) is 12.5 Å². The van der Waals surface area contributed by atoms with Crippen LogP contribution in [0.3, 0.4) is 0 Å². The van der Waals surface area contributed by atoms with Crippen LogP contribution in [0.25, 0.3) is 0 Å². The molecule has 0 aliphatic carbocycles. The second kappa shape index (κ2) is 6.63. The van der Waals surface area contributed by atoms with Crippen LogP contribution in [0.4, 0.5) is 0 Å². The first-order valence-electron chi connectivity index (χ1n) is 7.13. The number of carbonyl (C=O) groups is 1. The van der Waals surface area contributed by atoms with Gasteiger partial charge in [0, 0.05) is 10.0 Å². The fraction of sp³-hybridized carbons (Fsp3) is 0.278. The van der Waals surface area contributed by atoms with E-state index in [1.54, 1.807) is 13.0 Å². The number of rotatable bonds is 4. The molecule has 22 heavy (non-hydrogen) atoms. The lowest BCUT2D eigenvalue weighted by Gasteiger charge is -2.24. The van der Waals surface area contributed by atoms with E-state index in [9.17, 15) is 9.90 Å². The zero-order valence-electron chi connectivity index (χ0n) is 13.0. The minimum atomic E-state index is -1.11. The average molecular weight is 362 g/mol. The quantitative estimate of drug-likeness (QED) is 0.871. The summed E-state index contributed by atoms with van der Waals surface area (Å²) in [5.41, 5.74) is 2.48. The maximum Gasteiger partial charge on any atom is 0.251 e. The highest BCUT2D eigenvalue weighted by molar-refractivity contribution is 9.10. The van der Waals surface area contributed by atoms with Crippen LogP contribution in [0.2, 0.25) is 0 Å². The van der Waals surface area contributed by atoms with Crippen molar-refractivity contribution in [2.24, 2.45) is 0 Å². The van der Waals surface area contributed by atoms with Crippen molar-refractivity contribution in [1.82, 2.24) is 5.32 Å². The SMILES string of the molecule is Cc1ccc(C(=O)NCC(C)(O)c2ccc(Br)cc2)cc1C. The maximum absolute atomic E-state index is 12.2. The van der Waals surface area contributed by atoms with Crippen molar-refractivity contribution in [3.63, 3.8) is 0 Å². The first kappa shape index (κ1) is 16.7. The van der Waals surface area contributed by atoms with Gasteiger partial charge >= 0.3 is 0 Å². The molecule has 1 amide bonds. The van der Waals surface area contributed by atoms with Crippen LogP contribution in [0.5, 0.6) is 0 Å². The second-order valence-corrected chi connectivity index (χ2v) is 6.68. The molecule has 0 heterocycles. The van der Waals surface area contributed by atoms with Gasteiger partial charge in [0.1, 0.15) is 5.60 Å². The normalized spacial score (nSPS) is 13.5. The fourth-order valence-electron chi connectivity index (χ4n) is 2.15. The molecule has 2 rings (SSSR count). The largest absolute Gasteiger partial charge is 0.384 e. The lowest BCUT2D eigenvalue weighted by molar-refractivity contribution is 0.0526. The van der Waals surface area contributed by atoms with Crippen LogP contribution in [-0.4, -0.2) is 17.6 Å². The van der Waals surface area contributed by atoms with Crippen molar-refractivity contribution < 1.29 is 9.90 Å². The van der Waals surface area contributed by atoms with Crippen molar-refractivity contribution >= 4 is 21.8 Å². The van der Waals surface area contributed by atoms with E-state index in [0.717, 1.165) is 21.2 Å². The topological polar surface area (TPSA) is 49.3 Å². The summed E-state index contributed by atoms with van der Waals surface area (Å²) >= 11 is 3.37. The Kier molecular flexibility index (Phi) is 5.04. The first-order valence-corrected chi connectivity index (χ1v) is 7.93. The Labute approximate surface area is 139 Å². The van der Waals surface area contributed by atoms with Gasteiger partial charge in [-0.05, 0) is 61.7 Å². The number of aryl methyl sites for hydroxylation is 2. The monoisotopic (exact) mass is 361 g/mol. The van der Waals surface area contributed by atoms with Crippen molar-refractivity contribution in [1.29, 1.82) is 0 Å². The molecular formula is C18H20BrNO2. The second-order valence-electron chi connectivity index (χ2n) is 5.76. The first-order chi connectivity index (χ1) is 10.3. The highest BCUT2D eigenvalue weighted by Crippen LogP contribution is 2.22. The van der Waals surface area contributed by atoms with Gasteiger partial charge in [-0.3, -0.25) is 4.79 Å². The van der Waals surface area contributed by atoms with E-state index in [1.165, 1.54) is 0 Å². The average Bonchev–Trinajstić information content (AvgIpc) is 2.48. The Morgan fingerprint density at radius 3 is 2.36 bits per heavy atom. The fourth-order valence-corrected chi connectivity index (χ4v) is 2.41. The van der Waals surface area contributed by atoms with E-state index in [4.69, 9.17) is 0 Å². The van der Waals surface area contributed by atoms with E-state index < -0.39 is 5.60 Å². The number of hydrogen-bond acceptors (Lipinski definition) is 2. The standard InChI is InChI=1S/C18H20BrNO2/c1-12-4-5-14(10-13(12)2)17(21)20-11-18(3,22)15-6-8-16(19)9-7-15/h4-10,22H,11H2,1-3H3,(H,20,21). The molecule has 2 aromatic carbocycles. The van der Waals surface area contributed by atoms with Crippen molar-refractivity contribution in [3.8, 4) is 0 Å². The summed E-state index contributed by atoms with van der Waals surface area (Å²) in [7, 11) is 0. The lowest BCUT2D eigenvalue weighted by atomic mass is 9.96. The smallest absolute Gasteiger partial charge is 0.251 e. The highest BCUT2D eigenvalue weighted by atomic mass is 79.9. The Bertz CT molecular complexity index is 678. The van der Waals surface area contributed by atoms with E-state index in [0.29, 0.717) is 5.56 Å². The molecule has 3 nitrogen and oxygen atoms in total. The molecule has 0 bridgehead atoms. The van der Waals surface area contributed by atoms with Crippen LogP contribution in [-0.2, 0) is 5.60 Å². The van der Waals surface area contributed by atoms with Crippen LogP contribution >= 0.6 is 15.9 Å². The summed E-state index contributed by atoms with van der Waals surface area (Å²) < 4.78 is 0.950. The number of aliphatic hydroxyl groups is 1. The van der Waals surface area contributed by atoms with E-state index >= 15 is 0 Å². The van der Waals surface area contributed by atoms with Crippen molar-refractivity contribution in [3.05, 3.63) is 69.2 Å². The van der Waals surface area contributed by atoms with Gasteiger partial charge in [0.25, 0.3) is 5.91 Å². The van der Waals surface area contributed by atoms with Gasteiger partial charge in [-0.15, -0.1) is 0 Å². The van der Waals surface area contributed by atoms with Crippen molar-refractivity contribution in [2.45, 2.75) is 26.4 Å². The van der Waals surface area contributed by atoms with Crippen LogP contribution in [0.1, 0.15) is 34.0 Å². The van der Waals surface area contributed by atoms with Crippen LogP contribution < -0.4 is 5.32 Å². The van der Waals surface area contributed by atoms with Gasteiger partial charge in [-0.1, -0.05) is 34.1 Å². The number of hydrogen-bond donors (Lipinski definition) is 2. The Balaban J connectivity index is 2.06. The summed E-state index contributed by atoms with van der Waals surface area (Å²) in [5, 5.41) is 13.3. The van der Waals surface area contributed by atoms with Gasteiger partial charge in [-0.25, -0.2) is 0 Å². The Morgan fingerprint density at radius 1 is 1.14 bits per heavy atom. The molecule has 0 aliphatic rings. The molecule has 0 aliphatic heterocycles. The summed E-state index contributed by atoms with van der Waals surface area (Å²) in [6.45, 7) is 5.83. The number of halogens is 1. The Hall–Kier alpha value is -1.65. The highest BCUT2D eigenvalue weighted by Gasteiger charge is 2.24. The molecule has 2 N–H and O–H groups in total. The summed E-state index contributed by atoms with van der Waals surface area (Å²) in [4.78, 5) is 12.2. The third-order valence-electron chi connectivity index (χ3n) is 3.83. The summed E-state index contributed by atoms with van der Waals surface area (Å²) in [6, 6.07) is 13.0.